The molecule has 4 aromatic rings. The fraction of sp³-hybridized carbons (Fsp3) is 0.261. The lowest BCUT2D eigenvalue weighted by atomic mass is 10.1. The second kappa shape index (κ2) is 8.51. The first-order valence-corrected chi connectivity index (χ1v) is 11.4. The maximum Gasteiger partial charge on any atom is 0.270 e. The van der Waals surface area contributed by atoms with Gasteiger partial charge in [0.15, 0.2) is 10.9 Å². The van der Waals surface area contributed by atoms with Crippen molar-refractivity contribution in [1.82, 2.24) is 15.2 Å². The minimum absolute atomic E-state index is 0.0465. The summed E-state index contributed by atoms with van der Waals surface area (Å²) in [4.78, 5) is 20.0. The van der Waals surface area contributed by atoms with Gasteiger partial charge in [0.2, 0.25) is 0 Å². The SMILES string of the molecule is CCc1ccc2nc(N3CCN(c4ccc(-c5cccc([N+](=O)[O-])c5)nn4)CC3)sc2c1. The second-order valence-electron chi connectivity index (χ2n) is 7.71. The summed E-state index contributed by atoms with van der Waals surface area (Å²) < 4.78 is 1.24. The number of thiazole rings is 1. The van der Waals surface area contributed by atoms with E-state index in [0.717, 1.165) is 49.1 Å². The third-order valence-corrected chi connectivity index (χ3v) is 6.81. The minimum Gasteiger partial charge on any atom is -0.352 e. The largest absolute Gasteiger partial charge is 0.352 e. The van der Waals surface area contributed by atoms with Crippen molar-refractivity contribution in [3.05, 3.63) is 70.3 Å². The fourth-order valence-corrected chi connectivity index (χ4v) is 4.95. The van der Waals surface area contributed by atoms with Crippen LogP contribution in [0.4, 0.5) is 16.6 Å². The van der Waals surface area contributed by atoms with Gasteiger partial charge in [-0.1, -0.05) is 36.5 Å². The Kier molecular flexibility index (Phi) is 5.40. The second-order valence-corrected chi connectivity index (χ2v) is 8.72. The van der Waals surface area contributed by atoms with E-state index in [1.54, 1.807) is 23.5 Å². The van der Waals surface area contributed by atoms with E-state index in [2.05, 4.69) is 45.1 Å². The van der Waals surface area contributed by atoms with E-state index in [1.807, 2.05) is 12.1 Å². The third kappa shape index (κ3) is 3.99. The minimum atomic E-state index is -0.404. The smallest absolute Gasteiger partial charge is 0.270 e. The van der Waals surface area contributed by atoms with Crippen molar-refractivity contribution in [2.75, 3.05) is 36.0 Å². The summed E-state index contributed by atoms with van der Waals surface area (Å²) in [5.74, 6) is 0.815. The highest BCUT2D eigenvalue weighted by atomic mass is 32.1. The number of nitro benzene ring substituents is 1. The molecule has 1 saturated heterocycles. The highest BCUT2D eigenvalue weighted by Gasteiger charge is 2.21. The van der Waals surface area contributed by atoms with Crippen molar-refractivity contribution in [2.24, 2.45) is 0 Å². The fourth-order valence-electron chi connectivity index (χ4n) is 3.87. The van der Waals surface area contributed by atoms with E-state index in [0.29, 0.717) is 11.3 Å². The Labute approximate surface area is 189 Å². The average Bonchev–Trinajstić information content (AvgIpc) is 3.28. The first-order chi connectivity index (χ1) is 15.6. The van der Waals surface area contributed by atoms with Crippen LogP contribution < -0.4 is 9.80 Å². The number of fused-ring (bicyclic) bond motifs is 1. The van der Waals surface area contributed by atoms with Crippen LogP contribution in [0.25, 0.3) is 21.5 Å². The summed E-state index contributed by atoms with van der Waals surface area (Å²) in [7, 11) is 0. The van der Waals surface area contributed by atoms with Crippen molar-refractivity contribution in [1.29, 1.82) is 0 Å². The van der Waals surface area contributed by atoms with Gasteiger partial charge < -0.3 is 9.80 Å². The lowest BCUT2D eigenvalue weighted by Gasteiger charge is -2.35. The zero-order chi connectivity index (χ0) is 22.1. The molecule has 1 fully saturated rings. The number of hydrogen-bond acceptors (Lipinski definition) is 8. The van der Waals surface area contributed by atoms with Crippen LogP contribution in [0.2, 0.25) is 0 Å². The Morgan fingerprint density at radius 2 is 1.81 bits per heavy atom. The number of hydrogen-bond donors (Lipinski definition) is 0. The van der Waals surface area contributed by atoms with Gasteiger partial charge in [-0.15, -0.1) is 10.2 Å². The maximum atomic E-state index is 11.0. The van der Waals surface area contributed by atoms with Crippen LogP contribution in [0.3, 0.4) is 0 Å². The van der Waals surface area contributed by atoms with Crippen LogP contribution in [-0.2, 0) is 6.42 Å². The zero-order valence-electron chi connectivity index (χ0n) is 17.6. The van der Waals surface area contributed by atoms with Gasteiger partial charge in [0.1, 0.15) is 0 Å². The van der Waals surface area contributed by atoms with Crippen molar-refractivity contribution >= 4 is 38.2 Å². The molecule has 8 nitrogen and oxygen atoms in total. The number of aryl methyl sites for hydroxylation is 1. The maximum absolute atomic E-state index is 11.0. The van der Waals surface area contributed by atoms with Crippen LogP contribution in [0, 0.1) is 10.1 Å². The molecule has 3 heterocycles. The first-order valence-electron chi connectivity index (χ1n) is 10.6. The number of non-ortho nitro benzene ring substituents is 1. The van der Waals surface area contributed by atoms with Gasteiger partial charge >= 0.3 is 0 Å². The molecule has 0 amide bonds. The molecule has 2 aromatic heterocycles. The number of nitro groups is 1. The molecule has 0 bridgehead atoms. The van der Waals surface area contributed by atoms with Crippen molar-refractivity contribution in [3.8, 4) is 11.3 Å². The van der Waals surface area contributed by atoms with E-state index in [9.17, 15) is 10.1 Å². The topological polar surface area (TPSA) is 88.3 Å². The molecule has 32 heavy (non-hydrogen) atoms. The van der Waals surface area contributed by atoms with E-state index >= 15 is 0 Å². The van der Waals surface area contributed by atoms with E-state index in [1.165, 1.54) is 22.4 Å². The molecule has 0 spiro atoms. The van der Waals surface area contributed by atoms with Gasteiger partial charge in [-0.2, -0.15) is 0 Å². The molecular formula is C23H22N6O2S. The lowest BCUT2D eigenvalue weighted by Crippen LogP contribution is -2.46. The molecule has 2 aromatic carbocycles. The van der Waals surface area contributed by atoms with Crippen molar-refractivity contribution < 1.29 is 4.92 Å². The van der Waals surface area contributed by atoms with Gasteiger partial charge in [-0.05, 0) is 36.2 Å². The predicted molar refractivity (Wildman–Crippen MR) is 128 cm³/mol. The molecule has 0 N–H and O–H groups in total. The quantitative estimate of drug-likeness (QED) is 0.328. The monoisotopic (exact) mass is 446 g/mol. The summed E-state index contributed by atoms with van der Waals surface area (Å²) in [5.41, 5.74) is 3.75. The Morgan fingerprint density at radius 3 is 2.53 bits per heavy atom. The van der Waals surface area contributed by atoms with Crippen LogP contribution in [0.1, 0.15) is 12.5 Å². The van der Waals surface area contributed by atoms with Gasteiger partial charge in [0, 0.05) is 43.9 Å². The number of benzene rings is 2. The predicted octanol–water partition coefficient (Wildman–Crippen LogP) is 4.55. The average molecular weight is 447 g/mol. The highest BCUT2D eigenvalue weighted by Crippen LogP contribution is 2.31. The molecule has 0 saturated carbocycles. The summed E-state index contributed by atoms with van der Waals surface area (Å²) in [6.45, 7) is 5.58. The van der Waals surface area contributed by atoms with Crippen molar-refractivity contribution in [2.45, 2.75) is 13.3 Å². The molecule has 162 valence electrons. The van der Waals surface area contributed by atoms with Gasteiger partial charge in [-0.3, -0.25) is 10.1 Å². The standard InChI is InChI=1S/C23H22N6O2S/c1-2-16-6-7-20-21(14-16)32-23(24-20)28-12-10-27(11-13-28)22-9-8-19(25-26-22)17-4-3-5-18(15-17)29(30)31/h3-9,14-15H,2,10-13H2,1H3. The van der Waals surface area contributed by atoms with Gasteiger partial charge in [0.05, 0.1) is 20.8 Å². The lowest BCUT2D eigenvalue weighted by molar-refractivity contribution is -0.384. The van der Waals surface area contributed by atoms with Crippen LogP contribution >= 0.6 is 11.3 Å². The molecule has 0 atom stereocenters. The zero-order valence-corrected chi connectivity index (χ0v) is 18.5. The number of nitrogens with zero attached hydrogens (tertiary/aromatic N) is 6. The molecule has 0 radical (unpaired) electrons. The molecule has 1 aliphatic rings. The number of anilines is 2. The molecule has 0 unspecified atom stereocenters. The Hall–Kier alpha value is -3.59. The Balaban J connectivity index is 1.26. The highest BCUT2D eigenvalue weighted by molar-refractivity contribution is 7.22. The third-order valence-electron chi connectivity index (χ3n) is 5.73. The van der Waals surface area contributed by atoms with E-state index in [4.69, 9.17) is 4.98 Å². The summed E-state index contributed by atoms with van der Waals surface area (Å²) in [6, 6.07) is 16.8. The van der Waals surface area contributed by atoms with Gasteiger partial charge in [-0.25, -0.2) is 4.98 Å². The first kappa shape index (κ1) is 20.3. The van der Waals surface area contributed by atoms with Crippen LogP contribution in [0.5, 0.6) is 0 Å². The van der Waals surface area contributed by atoms with E-state index in [-0.39, 0.29) is 5.69 Å². The molecular weight excluding hydrogens is 424 g/mol. The molecule has 9 heteroatoms. The van der Waals surface area contributed by atoms with E-state index < -0.39 is 4.92 Å². The summed E-state index contributed by atoms with van der Waals surface area (Å²) >= 11 is 1.75. The van der Waals surface area contributed by atoms with Crippen molar-refractivity contribution in [3.63, 3.8) is 0 Å². The van der Waals surface area contributed by atoms with Crippen LogP contribution in [-0.4, -0.2) is 46.3 Å². The Morgan fingerprint density at radius 1 is 1.00 bits per heavy atom. The molecule has 0 aliphatic carbocycles. The summed E-state index contributed by atoms with van der Waals surface area (Å²) in [6.07, 6.45) is 1.03. The molecule has 1 aliphatic heterocycles. The summed E-state index contributed by atoms with van der Waals surface area (Å²) in [5, 5.41) is 20.8. The number of rotatable bonds is 5. The van der Waals surface area contributed by atoms with Gasteiger partial charge in [0.25, 0.3) is 5.69 Å². The number of aromatic nitrogens is 3. The normalized spacial score (nSPS) is 14.2. The molecule has 5 rings (SSSR count). The van der Waals surface area contributed by atoms with Crippen LogP contribution in [0.15, 0.2) is 54.6 Å². The number of piperazine rings is 1. The Bertz CT molecular complexity index is 1270.